The van der Waals surface area contributed by atoms with Gasteiger partial charge in [-0.15, -0.1) is 11.3 Å². The van der Waals surface area contributed by atoms with E-state index in [-0.39, 0.29) is 0 Å². The fraction of sp³-hybridized carbons (Fsp3) is 0.231. The number of aromatic nitrogens is 1. The third kappa shape index (κ3) is 2.68. The van der Waals surface area contributed by atoms with Gasteiger partial charge in [0.15, 0.2) is 0 Å². The number of carbonyl (C=O) groups is 1. The molecule has 0 spiro atoms. The Labute approximate surface area is 109 Å². The van der Waals surface area contributed by atoms with Gasteiger partial charge in [-0.3, -0.25) is 4.79 Å². The second-order valence-electron chi connectivity index (χ2n) is 3.78. The Kier molecular flexibility index (Phi) is 3.94. The average molecular weight is 263 g/mol. The lowest BCUT2D eigenvalue weighted by atomic mass is 9.99. The van der Waals surface area contributed by atoms with E-state index >= 15 is 0 Å². The zero-order valence-corrected chi connectivity index (χ0v) is 10.7. The summed E-state index contributed by atoms with van der Waals surface area (Å²) in [5, 5.41) is 11.7. The SMILES string of the molecule is COc1ccccc1CC(C(=O)O)c1nccs1. The molecule has 0 aliphatic heterocycles. The van der Waals surface area contributed by atoms with Gasteiger partial charge in [0.2, 0.25) is 0 Å². The third-order valence-corrected chi connectivity index (χ3v) is 3.55. The molecule has 1 atom stereocenters. The first-order valence-corrected chi connectivity index (χ1v) is 6.34. The van der Waals surface area contributed by atoms with Gasteiger partial charge in [-0.2, -0.15) is 0 Å². The van der Waals surface area contributed by atoms with Crippen molar-refractivity contribution in [1.29, 1.82) is 0 Å². The van der Waals surface area contributed by atoms with E-state index in [1.54, 1.807) is 18.7 Å². The Balaban J connectivity index is 2.27. The van der Waals surface area contributed by atoms with Crippen LogP contribution in [0.5, 0.6) is 5.75 Å². The molecule has 1 aromatic carbocycles. The first-order chi connectivity index (χ1) is 8.72. The van der Waals surface area contributed by atoms with Crippen molar-refractivity contribution in [3.63, 3.8) is 0 Å². The van der Waals surface area contributed by atoms with Gasteiger partial charge in [0.1, 0.15) is 16.7 Å². The van der Waals surface area contributed by atoms with E-state index in [1.165, 1.54) is 11.3 Å². The van der Waals surface area contributed by atoms with Crippen LogP contribution in [-0.4, -0.2) is 23.2 Å². The van der Waals surface area contributed by atoms with Gasteiger partial charge >= 0.3 is 5.97 Å². The highest BCUT2D eigenvalue weighted by Crippen LogP contribution is 2.27. The molecule has 1 heterocycles. The molecule has 0 amide bonds. The van der Waals surface area contributed by atoms with Crippen molar-refractivity contribution in [2.45, 2.75) is 12.3 Å². The highest BCUT2D eigenvalue weighted by molar-refractivity contribution is 7.09. The molecule has 1 aromatic heterocycles. The molecule has 0 saturated carbocycles. The lowest BCUT2D eigenvalue weighted by Gasteiger charge is -2.12. The van der Waals surface area contributed by atoms with E-state index in [1.807, 2.05) is 24.3 Å². The normalized spacial score (nSPS) is 12.1. The summed E-state index contributed by atoms with van der Waals surface area (Å²) >= 11 is 1.36. The number of hydrogen-bond acceptors (Lipinski definition) is 4. The Morgan fingerprint density at radius 2 is 2.28 bits per heavy atom. The van der Waals surface area contributed by atoms with Crippen LogP contribution in [-0.2, 0) is 11.2 Å². The molecule has 0 bridgehead atoms. The average Bonchev–Trinajstić information content (AvgIpc) is 2.89. The number of carboxylic acid groups (broad SMARTS) is 1. The predicted octanol–water partition coefficient (Wildman–Crippen LogP) is 2.56. The smallest absolute Gasteiger partial charge is 0.313 e. The van der Waals surface area contributed by atoms with Gasteiger partial charge in [0, 0.05) is 11.6 Å². The molecule has 0 radical (unpaired) electrons. The number of ether oxygens (including phenoxy) is 1. The summed E-state index contributed by atoms with van der Waals surface area (Å²) in [7, 11) is 1.58. The van der Waals surface area contributed by atoms with E-state index in [4.69, 9.17) is 4.74 Å². The van der Waals surface area contributed by atoms with Crippen LogP contribution in [0.3, 0.4) is 0 Å². The third-order valence-electron chi connectivity index (χ3n) is 2.66. The summed E-state index contributed by atoms with van der Waals surface area (Å²) < 4.78 is 5.23. The number of thiazole rings is 1. The maximum Gasteiger partial charge on any atom is 0.313 e. The lowest BCUT2D eigenvalue weighted by molar-refractivity contribution is -0.138. The molecule has 2 rings (SSSR count). The van der Waals surface area contributed by atoms with Crippen LogP contribution in [0, 0.1) is 0 Å². The largest absolute Gasteiger partial charge is 0.496 e. The number of methoxy groups -OCH3 is 1. The van der Waals surface area contributed by atoms with Crippen LogP contribution in [0.25, 0.3) is 0 Å². The molecule has 5 heteroatoms. The van der Waals surface area contributed by atoms with E-state index < -0.39 is 11.9 Å². The highest BCUT2D eigenvalue weighted by Gasteiger charge is 2.24. The monoisotopic (exact) mass is 263 g/mol. The van der Waals surface area contributed by atoms with Crippen molar-refractivity contribution < 1.29 is 14.6 Å². The minimum Gasteiger partial charge on any atom is -0.496 e. The van der Waals surface area contributed by atoms with Crippen molar-refractivity contribution in [2.24, 2.45) is 0 Å². The van der Waals surface area contributed by atoms with Crippen LogP contribution in [0.15, 0.2) is 35.8 Å². The molecular formula is C13H13NO3S. The molecule has 2 aromatic rings. The van der Waals surface area contributed by atoms with Crippen LogP contribution < -0.4 is 4.74 Å². The molecule has 1 unspecified atom stereocenters. The van der Waals surface area contributed by atoms with Crippen LogP contribution in [0.1, 0.15) is 16.5 Å². The van der Waals surface area contributed by atoms with Gasteiger partial charge in [-0.25, -0.2) is 4.98 Å². The summed E-state index contributed by atoms with van der Waals surface area (Å²) in [4.78, 5) is 15.4. The van der Waals surface area contributed by atoms with Crippen molar-refractivity contribution in [2.75, 3.05) is 7.11 Å². The zero-order chi connectivity index (χ0) is 13.0. The molecule has 0 saturated heterocycles. The second kappa shape index (κ2) is 5.64. The number of nitrogens with zero attached hydrogens (tertiary/aromatic N) is 1. The van der Waals surface area contributed by atoms with E-state index in [9.17, 15) is 9.90 Å². The number of carboxylic acids is 1. The molecule has 1 N–H and O–H groups in total. The topological polar surface area (TPSA) is 59.4 Å². The van der Waals surface area contributed by atoms with Gasteiger partial charge in [-0.1, -0.05) is 18.2 Å². The van der Waals surface area contributed by atoms with Crippen LogP contribution >= 0.6 is 11.3 Å². The molecule has 18 heavy (non-hydrogen) atoms. The Morgan fingerprint density at radius 3 is 2.89 bits per heavy atom. The van der Waals surface area contributed by atoms with Crippen LogP contribution in [0.2, 0.25) is 0 Å². The fourth-order valence-corrected chi connectivity index (χ4v) is 2.51. The lowest BCUT2D eigenvalue weighted by Crippen LogP contribution is -2.14. The second-order valence-corrected chi connectivity index (χ2v) is 4.70. The number of hydrogen-bond donors (Lipinski definition) is 1. The summed E-state index contributed by atoms with van der Waals surface area (Å²) in [6, 6.07) is 7.44. The Morgan fingerprint density at radius 1 is 1.50 bits per heavy atom. The van der Waals surface area contributed by atoms with Gasteiger partial charge in [-0.05, 0) is 18.1 Å². The summed E-state index contributed by atoms with van der Waals surface area (Å²) in [5.41, 5.74) is 0.877. The van der Waals surface area contributed by atoms with Gasteiger partial charge in [0.05, 0.1) is 7.11 Å². The number of rotatable bonds is 5. The van der Waals surface area contributed by atoms with E-state index in [0.29, 0.717) is 17.2 Å². The minimum atomic E-state index is -0.865. The van der Waals surface area contributed by atoms with Crippen molar-refractivity contribution in [1.82, 2.24) is 4.98 Å². The quantitative estimate of drug-likeness (QED) is 0.900. The van der Waals surface area contributed by atoms with Crippen molar-refractivity contribution >= 4 is 17.3 Å². The van der Waals surface area contributed by atoms with E-state index in [2.05, 4.69) is 4.98 Å². The fourth-order valence-electron chi connectivity index (χ4n) is 1.78. The molecule has 0 aliphatic carbocycles. The number of benzene rings is 1. The first kappa shape index (κ1) is 12.6. The van der Waals surface area contributed by atoms with Gasteiger partial charge < -0.3 is 9.84 Å². The molecular weight excluding hydrogens is 250 g/mol. The molecule has 0 fully saturated rings. The molecule has 4 nitrogen and oxygen atoms in total. The number of aliphatic carboxylic acids is 1. The van der Waals surface area contributed by atoms with Crippen molar-refractivity contribution in [3.05, 3.63) is 46.4 Å². The Bertz CT molecular complexity index is 525. The zero-order valence-electron chi connectivity index (χ0n) is 9.87. The molecule has 94 valence electrons. The van der Waals surface area contributed by atoms with Crippen LogP contribution in [0.4, 0.5) is 0 Å². The summed E-state index contributed by atoms with van der Waals surface area (Å²) in [6.07, 6.45) is 2.00. The first-order valence-electron chi connectivity index (χ1n) is 5.46. The standard InChI is InChI=1S/C13H13NO3S/c1-17-11-5-3-2-4-9(11)8-10(13(15)16)12-14-6-7-18-12/h2-7,10H,8H2,1H3,(H,15,16). The summed E-state index contributed by atoms with van der Waals surface area (Å²) in [5.74, 6) is -0.780. The van der Waals surface area contributed by atoms with Gasteiger partial charge in [0.25, 0.3) is 0 Å². The highest BCUT2D eigenvalue weighted by atomic mass is 32.1. The summed E-state index contributed by atoms with van der Waals surface area (Å²) in [6.45, 7) is 0. The maximum atomic E-state index is 11.3. The predicted molar refractivity (Wildman–Crippen MR) is 69.2 cm³/mol. The van der Waals surface area contributed by atoms with Crippen molar-refractivity contribution in [3.8, 4) is 5.75 Å². The maximum absolute atomic E-state index is 11.3. The Hall–Kier alpha value is -1.88. The van der Waals surface area contributed by atoms with E-state index in [0.717, 1.165) is 5.56 Å². The molecule has 0 aliphatic rings. The minimum absolute atomic E-state index is 0.382. The number of para-hydroxylation sites is 1.